The number of ether oxygens (including phenoxy) is 2. The summed E-state index contributed by atoms with van der Waals surface area (Å²) in [5.74, 6) is 0. The first-order valence-corrected chi connectivity index (χ1v) is 7.82. The maximum absolute atomic E-state index is 12.4. The summed E-state index contributed by atoms with van der Waals surface area (Å²) < 4.78 is 10.6. The van der Waals surface area contributed by atoms with Gasteiger partial charge < -0.3 is 19.5 Å². The lowest BCUT2D eigenvalue weighted by molar-refractivity contribution is -0.0884. The van der Waals surface area contributed by atoms with Crippen molar-refractivity contribution in [1.29, 1.82) is 0 Å². The van der Waals surface area contributed by atoms with Crippen molar-refractivity contribution in [2.45, 2.75) is 50.0 Å². The third-order valence-corrected chi connectivity index (χ3v) is 4.68. The molecule has 2 aliphatic rings. The molecule has 5 nitrogen and oxygen atoms in total. The lowest BCUT2D eigenvalue weighted by atomic mass is 9.87. The van der Waals surface area contributed by atoms with E-state index in [0.717, 1.165) is 18.4 Å². The molecule has 1 aromatic rings. The maximum atomic E-state index is 12.4. The van der Waals surface area contributed by atoms with Gasteiger partial charge in [0, 0.05) is 19.2 Å². The Bertz CT molecular complexity index is 505. The summed E-state index contributed by atoms with van der Waals surface area (Å²) in [5.41, 5.74) is 0.174. The number of piperidine rings is 1. The minimum atomic E-state index is -0.809. The Hall–Kier alpha value is -1.59. The normalized spacial score (nSPS) is 30.4. The molecule has 3 rings (SSSR count). The monoisotopic (exact) mass is 305 g/mol. The van der Waals surface area contributed by atoms with Crippen molar-refractivity contribution in [1.82, 2.24) is 4.90 Å². The Kier molecular flexibility index (Phi) is 4.36. The highest BCUT2D eigenvalue weighted by Gasteiger charge is 2.49. The van der Waals surface area contributed by atoms with Crippen LogP contribution in [0.2, 0.25) is 0 Å². The van der Waals surface area contributed by atoms with Crippen molar-refractivity contribution in [3.05, 3.63) is 35.9 Å². The third kappa shape index (κ3) is 3.10. The zero-order valence-electron chi connectivity index (χ0n) is 12.9. The molecule has 0 saturated carbocycles. The summed E-state index contributed by atoms with van der Waals surface area (Å²) in [6.07, 6.45) is 2.72. The first-order valence-electron chi connectivity index (χ1n) is 7.82. The molecule has 0 aromatic heterocycles. The number of methoxy groups -OCH3 is 1. The minimum absolute atomic E-state index is 0.0576. The number of hydrogen-bond acceptors (Lipinski definition) is 4. The van der Waals surface area contributed by atoms with E-state index in [1.54, 1.807) is 7.11 Å². The topological polar surface area (TPSA) is 59.0 Å². The summed E-state index contributed by atoms with van der Waals surface area (Å²) in [6.45, 7) is 0.616. The van der Waals surface area contributed by atoms with Crippen LogP contribution in [-0.2, 0) is 16.1 Å². The zero-order valence-corrected chi connectivity index (χ0v) is 12.9. The van der Waals surface area contributed by atoms with Gasteiger partial charge >= 0.3 is 6.09 Å². The maximum Gasteiger partial charge on any atom is 0.410 e. The highest BCUT2D eigenvalue weighted by atomic mass is 16.6. The predicted molar refractivity (Wildman–Crippen MR) is 81.3 cm³/mol. The highest BCUT2D eigenvalue weighted by molar-refractivity contribution is 5.69. The molecule has 1 amide bonds. The van der Waals surface area contributed by atoms with E-state index in [4.69, 9.17) is 9.47 Å². The third-order valence-electron chi connectivity index (χ3n) is 4.68. The number of amides is 1. The van der Waals surface area contributed by atoms with Crippen LogP contribution in [0.4, 0.5) is 4.79 Å². The fourth-order valence-corrected chi connectivity index (χ4v) is 3.80. The first kappa shape index (κ1) is 15.3. The first-order chi connectivity index (χ1) is 10.6. The van der Waals surface area contributed by atoms with Crippen LogP contribution in [0.15, 0.2) is 30.3 Å². The molecule has 0 spiro atoms. The average molecular weight is 305 g/mol. The van der Waals surface area contributed by atoms with Crippen LogP contribution in [0.25, 0.3) is 0 Å². The molecule has 120 valence electrons. The average Bonchev–Trinajstić information content (AvgIpc) is 2.79. The standard InChI is InChI=1S/C17H23NO4/c1-21-12-17(20)9-14-7-8-15(10-17)18(14)16(19)22-11-13-5-3-2-4-6-13/h2-6,14-15,20H,7-12H2,1H3. The van der Waals surface area contributed by atoms with Crippen molar-refractivity contribution in [2.24, 2.45) is 0 Å². The number of hydrogen-bond donors (Lipinski definition) is 1. The molecular weight excluding hydrogens is 282 g/mol. The van der Waals surface area contributed by atoms with Crippen molar-refractivity contribution < 1.29 is 19.4 Å². The van der Waals surface area contributed by atoms with Crippen molar-refractivity contribution >= 4 is 6.09 Å². The summed E-state index contributed by atoms with van der Waals surface area (Å²) in [4.78, 5) is 14.2. The molecule has 0 aliphatic carbocycles. The zero-order chi connectivity index (χ0) is 15.6. The number of aliphatic hydroxyl groups is 1. The van der Waals surface area contributed by atoms with Crippen molar-refractivity contribution in [3.8, 4) is 0 Å². The Morgan fingerprint density at radius 3 is 2.50 bits per heavy atom. The van der Waals surface area contributed by atoms with Gasteiger partial charge in [-0.05, 0) is 31.2 Å². The van der Waals surface area contributed by atoms with Gasteiger partial charge in [0.1, 0.15) is 6.61 Å². The van der Waals surface area contributed by atoms with E-state index in [2.05, 4.69) is 0 Å². The second-order valence-corrected chi connectivity index (χ2v) is 6.40. The number of fused-ring (bicyclic) bond motifs is 2. The number of rotatable bonds is 4. The molecule has 5 heteroatoms. The fraction of sp³-hybridized carbons (Fsp3) is 0.588. The second-order valence-electron chi connectivity index (χ2n) is 6.40. The summed E-state index contributed by atoms with van der Waals surface area (Å²) in [5, 5.41) is 10.6. The van der Waals surface area contributed by atoms with Gasteiger partial charge in [0.25, 0.3) is 0 Å². The van der Waals surface area contributed by atoms with E-state index in [9.17, 15) is 9.90 Å². The van der Waals surface area contributed by atoms with E-state index in [0.29, 0.717) is 19.4 Å². The van der Waals surface area contributed by atoms with Gasteiger partial charge in [-0.3, -0.25) is 0 Å². The fourth-order valence-electron chi connectivity index (χ4n) is 3.80. The van der Waals surface area contributed by atoms with Gasteiger partial charge in [0.05, 0.1) is 12.2 Å². The lowest BCUT2D eigenvalue weighted by Gasteiger charge is -2.42. The molecule has 22 heavy (non-hydrogen) atoms. The number of carbonyl (C=O) groups is 1. The van der Waals surface area contributed by atoms with Gasteiger partial charge in [-0.25, -0.2) is 4.79 Å². The molecule has 2 saturated heterocycles. The van der Waals surface area contributed by atoms with Crippen LogP contribution in [0.5, 0.6) is 0 Å². The van der Waals surface area contributed by atoms with Gasteiger partial charge in [0.2, 0.25) is 0 Å². The molecule has 2 heterocycles. The number of carbonyl (C=O) groups excluding carboxylic acids is 1. The molecule has 2 atom stereocenters. The molecule has 2 bridgehead atoms. The SMILES string of the molecule is COCC1(O)CC2CCC(C1)N2C(=O)OCc1ccccc1. The molecule has 2 fully saturated rings. The Morgan fingerprint density at radius 1 is 1.27 bits per heavy atom. The van der Waals surface area contributed by atoms with Gasteiger partial charge in [-0.1, -0.05) is 30.3 Å². The Morgan fingerprint density at radius 2 is 1.91 bits per heavy atom. The largest absolute Gasteiger partial charge is 0.445 e. The van der Waals surface area contributed by atoms with Gasteiger partial charge in [-0.15, -0.1) is 0 Å². The Balaban J connectivity index is 1.60. The molecule has 1 aromatic carbocycles. The lowest BCUT2D eigenvalue weighted by Crippen LogP contribution is -2.54. The molecule has 2 unspecified atom stereocenters. The summed E-state index contributed by atoms with van der Waals surface area (Å²) in [7, 11) is 1.60. The van der Waals surface area contributed by atoms with E-state index in [1.807, 2.05) is 35.2 Å². The predicted octanol–water partition coefficient (Wildman–Crippen LogP) is 2.33. The highest BCUT2D eigenvalue weighted by Crippen LogP contribution is 2.41. The van der Waals surface area contributed by atoms with Crippen LogP contribution in [-0.4, -0.2) is 47.5 Å². The van der Waals surface area contributed by atoms with Crippen LogP contribution in [0, 0.1) is 0 Å². The minimum Gasteiger partial charge on any atom is -0.445 e. The van der Waals surface area contributed by atoms with Crippen LogP contribution >= 0.6 is 0 Å². The molecule has 1 N–H and O–H groups in total. The van der Waals surface area contributed by atoms with Gasteiger partial charge in [0.15, 0.2) is 0 Å². The number of nitrogens with zero attached hydrogens (tertiary/aromatic N) is 1. The van der Waals surface area contributed by atoms with Crippen LogP contribution in [0.3, 0.4) is 0 Å². The van der Waals surface area contributed by atoms with Gasteiger partial charge in [-0.2, -0.15) is 0 Å². The van der Waals surface area contributed by atoms with Crippen LogP contribution < -0.4 is 0 Å². The molecular formula is C17H23NO4. The van der Waals surface area contributed by atoms with E-state index < -0.39 is 5.60 Å². The smallest absolute Gasteiger partial charge is 0.410 e. The van der Waals surface area contributed by atoms with Crippen molar-refractivity contribution in [2.75, 3.05) is 13.7 Å². The molecule has 0 radical (unpaired) electrons. The van der Waals surface area contributed by atoms with E-state index >= 15 is 0 Å². The van der Waals surface area contributed by atoms with E-state index in [-0.39, 0.29) is 24.8 Å². The van der Waals surface area contributed by atoms with Crippen molar-refractivity contribution in [3.63, 3.8) is 0 Å². The quantitative estimate of drug-likeness (QED) is 0.927. The van der Waals surface area contributed by atoms with E-state index in [1.165, 1.54) is 0 Å². The van der Waals surface area contributed by atoms with Crippen LogP contribution in [0.1, 0.15) is 31.2 Å². The summed E-state index contributed by atoms with van der Waals surface area (Å²) in [6, 6.07) is 9.79. The molecule has 2 aliphatic heterocycles. The summed E-state index contributed by atoms with van der Waals surface area (Å²) >= 11 is 0. The second kappa shape index (κ2) is 6.26. The Labute approximate surface area is 130 Å². The number of benzene rings is 1.